The number of rotatable bonds is 3. The largest absolute Gasteiger partial charge is 0.508 e. The molecular weight excluding hydrogens is 237 g/mol. The molecule has 0 aliphatic carbocycles. The molecule has 1 aromatic carbocycles. The fourth-order valence-corrected chi connectivity index (χ4v) is 1.44. The zero-order valence-electron chi connectivity index (χ0n) is 8.95. The molecule has 17 heavy (non-hydrogen) atoms. The summed E-state index contributed by atoms with van der Waals surface area (Å²) in [6, 6.07) is 3.46. The van der Waals surface area contributed by atoms with Crippen LogP contribution in [0.15, 0.2) is 18.2 Å². The van der Waals surface area contributed by atoms with Crippen molar-refractivity contribution in [1.82, 2.24) is 0 Å². The molecular formula is C11H11F3O3. The molecule has 0 saturated heterocycles. The van der Waals surface area contributed by atoms with Crippen molar-refractivity contribution >= 4 is 5.97 Å². The number of benzene rings is 1. The minimum atomic E-state index is -4.65. The lowest BCUT2D eigenvalue weighted by atomic mass is 9.94. The number of halogens is 3. The lowest BCUT2D eigenvalue weighted by Gasteiger charge is -2.19. The summed E-state index contributed by atoms with van der Waals surface area (Å²) in [6.07, 6.45) is -5.70. The van der Waals surface area contributed by atoms with Gasteiger partial charge in [0, 0.05) is 0 Å². The van der Waals surface area contributed by atoms with Gasteiger partial charge in [-0.1, -0.05) is 12.1 Å². The van der Waals surface area contributed by atoms with Gasteiger partial charge in [-0.2, -0.15) is 13.2 Å². The van der Waals surface area contributed by atoms with Crippen LogP contribution in [0.5, 0.6) is 5.75 Å². The number of carboxylic acids is 1. The summed E-state index contributed by atoms with van der Waals surface area (Å²) in [7, 11) is 0. The van der Waals surface area contributed by atoms with Crippen molar-refractivity contribution in [2.24, 2.45) is 0 Å². The molecule has 1 rings (SSSR count). The average molecular weight is 248 g/mol. The van der Waals surface area contributed by atoms with Crippen LogP contribution >= 0.6 is 0 Å². The lowest BCUT2D eigenvalue weighted by Crippen LogP contribution is -2.23. The van der Waals surface area contributed by atoms with Crippen LogP contribution in [0.4, 0.5) is 13.2 Å². The first-order valence-electron chi connectivity index (χ1n) is 4.80. The van der Waals surface area contributed by atoms with E-state index in [1.54, 1.807) is 6.92 Å². The van der Waals surface area contributed by atoms with Crippen molar-refractivity contribution < 1.29 is 28.2 Å². The molecule has 0 aliphatic rings. The van der Waals surface area contributed by atoms with Crippen LogP contribution in [0.25, 0.3) is 0 Å². The lowest BCUT2D eigenvalue weighted by molar-refractivity contribution is -0.163. The quantitative estimate of drug-likeness (QED) is 0.864. The topological polar surface area (TPSA) is 57.5 Å². The Bertz CT molecular complexity index is 426. The molecule has 0 aliphatic heterocycles. The number of aliphatic carboxylic acids is 1. The highest BCUT2D eigenvalue weighted by Crippen LogP contribution is 2.38. The summed E-state index contributed by atoms with van der Waals surface area (Å²) in [5, 5.41) is 17.8. The first-order chi connectivity index (χ1) is 7.71. The second-order valence-electron chi connectivity index (χ2n) is 3.74. The van der Waals surface area contributed by atoms with Gasteiger partial charge in [0.25, 0.3) is 0 Å². The van der Waals surface area contributed by atoms with Crippen molar-refractivity contribution in [3.8, 4) is 5.75 Å². The number of aryl methyl sites for hydroxylation is 1. The second-order valence-corrected chi connectivity index (χ2v) is 3.74. The Morgan fingerprint density at radius 1 is 1.41 bits per heavy atom. The zero-order chi connectivity index (χ0) is 13.2. The highest BCUT2D eigenvalue weighted by Gasteiger charge is 2.42. The third kappa shape index (κ3) is 3.37. The molecule has 6 heteroatoms. The van der Waals surface area contributed by atoms with E-state index in [2.05, 4.69) is 0 Å². The zero-order valence-corrected chi connectivity index (χ0v) is 8.95. The van der Waals surface area contributed by atoms with Gasteiger partial charge in [-0.05, 0) is 24.1 Å². The fraction of sp³-hybridized carbons (Fsp3) is 0.364. The van der Waals surface area contributed by atoms with Crippen LogP contribution in [0.1, 0.15) is 23.5 Å². The summed E-state index contributed by atoms with van der Waals surface area (Å²) in [5.41, 5.74) is 0.188. The number of hydrogen-bond donors (Lipinski definition) is 2. The number of alkyl halides is 3. The smallest absolute Gasteiger partial charge is 0.396 e. The Labute approximate surface area is 95.5 Å². The molecule has 3 nitrogen and oxygen atoms in total. The molecule has 0 amide bonds. The van der Waals surface area contributed by atoms with Crippen molar-refractivity contribution in [2.75, 3.05) is 0 Å². The predicted octanol–water partition coefficient (Wildman–Crippen LogP) is 2.82. The highest BCUT2D eigenvalue weighted by molar-refractivity contribution is 5.68. The summed E-state index contributed by atoms with van der Waals surface area (Å²) in [6.45, 7) is 1.54. The summed E-state index contributed by atoms with van der Waals surface area (Å²) in [5.74, 6) is -3.92. The van der Waals surface area contributed by atoms with Gasteiger partial charge in [-0.15, -0.1) is 0 Å². The van der Waals surface area contributed by atoms with Gasteiger partial charge < -0.3 is 10.2 Å². The van der Waals surface area contributed by atoms with Gasteiger partial charge >= 0.3 is 12.1 Å². The van der Waals surface area contributed by atoms with Gasteiger partial charge in [0.2, 0.25) is 0 Å². The third-order valence-corrected chi connectivity index (χ3v) is 2.41. The molecule has 0 saturated carbocycles. The van der Waals surface area contributed by atoms with Gasteiger partial charge in [-0.25, -0.2) is 0 Å². The van der Waals surface area contributed by atoms with E-state index in [1.807, 2.05) is 0 Å². The predicted molar refractivity (Wildman–Crippen MR) is 53.9 cm³/mol. The van der Waals surface area contributed by atoms with Crippen molar-refractivity contribution in [1.29, 1.82) is 0 Å². The number of carbonyl (C=O) groups is 1. The maximum absolute atomic E-state index is 12.7. The first kappa shape index (κ1) is 13.3. The molecule has 0 spiro atoms. The van der Waals surface area contributed by atoms with Gasteiger partial charge in [0.1, 0.15) is 5.75 Å². The molecule has 1 aromatic rings. The minimum Gasteiger partial charge on any atom is -0.508 e. The van der Waals surface area contributed by atoms with E-state index in [4.69, 9.17) is 5.11 Å². The molecule has 0 aromatic heterocycles. The maximum atomic E-state index is 12.7. The number of aromatic hydroxyl groups is 1. The van der Waals surface area contributed by atoms with Crippen molar-refractivity contribution in [3.63, 3.8) is 0 Å². The average Bonchev–Trinajstić information content (AvgIpc) is 2.17. The van der Waals surface area contributed by atoms with Crippen molar-refractivity contribution in [2.45, 2.75) is 25.4 Å². The second kappa shape index (κ2) is 4.65. The van der Waals surface area contributed by atoms with Gasteiger partial charge in [0.05, 0.1) is 12.3 Å². The van der Waals surface area contributed by atoms with Crippen molar-refractivity contribution in [3.05, 3.63) is 29.3 Å². The monoisotopic (exact) mass is 248 g/mol. The van der Waals surface area contributed by atoms with E-state index in [9.17, 15) is 23.1 Å². The summed E-state index contributed by atoms with van der Waals surface area (Å²) >= 11 is 0. The normalized spacial score (nSPS) is 13.4. The van der Waals surface area contributed by atoms with Crippen LogP contribution in [0.2, 0.25) is 0 Å². The first-order valence-corrected chi connectivity index (χ1v) is 4.80. The summed E-state index contributed by atoms with van der Waals surface area (Å²) < 4.78 is 38.0. The van der Waals surface area contributed by atoms with E-state index >= 15 is 0 Å². The van der Waals surface area contributed by atoms with E-state index < -0.39 is 24.5 Å². The maximum Gasteiger partial charge on any atom is 0.396 e. The molecule has 2 N–H and O–H groups in total. The molecule has 1 unspecified atom stereocenters. The third-order valence-electron chi connectivity index (χ3n) is 2.41. The van der Waals surface area contributed by atoms with E-state index in [1.165, 1.54) is 12.1 Å². The van der Waals surface area contributed by atoms with E-state index in [-0.39, 0.29) is 11.3 Å². The van der Waals surface area contributed by atoms with E-state index in [0.29, 0.717) is 5.56 Å². The molecule has 0 fully saturated rings. The van der Waals surface area contributed by atoms with Gasteiger partial charge in [0.15, 0.2) is 0 Å². The Morgan fingerprint density at radius 2 is 2.00 bits per heavy atom. The summed E-state index contributed by atoms with van der Waals surface area (Å²) in [4.78, 5) is 10.4. The number of carboxylic acid groups (broad SMARTS) is 1. The minimum absolute atomic E-state index is 0.247. The van der Waals surface area contributed by atoms with Crippen LogP contribution in [-0.4, -0.2) is 22.4 Å². The molecule has 94 valence electrons. The fourth-order valence-electron chi connectivity index (χ4n) is 1.44. The SMILES string of the molecule is Cc1ccc(C(CC(=O)O)C(F)(F)F)cc1O. The van der Waals surface area contributed by atoms with Crippen LogP contribution in [0, 0.1) is 6.92 Å². The van der Waals surface area contributed by atoms with Crippen LogP contribution < -0.4 is 0 Å². The van der Waals surface area contributed by atoms with Gasteiger partial charge in [-0.3, -0.25) is 4.79 Å². The van der Waals surface area contributed by atoms with Crippen LogP contribution in [0.3, 0.4) is 0 Å². The number of phenolic OH excluding ortho intramolecular Hbond substituents is 1. The van der Waals surface area contributed by atoms with Crippen LogP contribution in [-0.2, 0) is 4.79 Å². The molecule has 0 bridgehead atoms. The molecule has 0 radical (unpaired) electrons. The standard InChI is InChI=1S/C11H11F3O3/c1-6-2-3-7(4-9(6)15)8(5-10(16)17)11(12,13)14/h2-4,8,15H,5H2,1H3,(H,16,17). The Balaban J connectivity index is 3.13. The Hall–Kier alpha value is -1.72. The van der Waals surface area contributed by atoms with E-state index in [0.717, 1.165) is 6.07 Å². The Kier molecular flexibility index (Phi) is 3.65. The molecule has 0 heterocycles. The number of phenols is 1. The Morgan fingerprint density at radius 3 is 2.41 bits per heavy atom. The number of hydrogen-bond acceptors (Lipinski definition) is 2. The molecule has 1 atom stereocenters. The highest BCUT2D eigenvalue weighted by atomic mass is 19.4.